The fourth-order valence-corrected chi connectivity index (χ4v) is 3.27. The predicted molar refractivity (Wildman–Crippen MR) is 86.5 cm³/mol. The number of rotatable bonds is 4. The van der Waals surface area contributed by atoms with Gasteiger partial charge in [0.15, 0.2) is 12.4 Å². The molecule has 2 aliphatic rings. The summed E-state index contributed by atoms with van der Waals surface area (Å²) in [6.45, 7) is 4.56. The Hall–Kier alpha value is -1.30. The van der Waals surface area contributed by atoms with Gasteiger partial charge in [0.1, 0.15) is 5.75 Å². The Morgan fingerprint density at radius 3 is 2.65 bits per heavy atom. The zero-order chi connectivity index (χ0) is 16.2. The van der Waals surface area contributed by atoms with Crippen molar-refractivity contribution in [1.82, 2.24) is 4.90 Å². The van der Waals surface area contributed by atoms with Crippen LogP contribution in [0.5, 0.6) is 5.75 Å². The molecule has 126 valence electrons. The molecule has 0 saturated carbocycles. The highest BCUT2D eigenvalue weighted by molar-refractivity contribution is 6.30. The van der Waals surface area contributed by atoms with E-state index in [9.17, 15) is 4.79 Å². The second kappa shape index (κ2) is 7.51. The van der Waals surface area contributed by atoms with Gasteiger partial charge in [-0.3, -0.25) is 4.79 Å². The molecule has 0 aromatic heterocycles. The summed E-state index contributed by atoms with van der Waals surface area (Å²) in [6.07, 6.45) is 1.19. The van der Waals surface area contributed by atoms with Crippen molar-refractivity contribution in [3.8, 4) is 5.75 Å². The SMILES string of the molecule is CC(Oc1cccc(Cl)c1)C(=O)N1CCC(C2OCCO2)CC1. The zero-order valence-electron chi connectivity index (χ0n) is 13.2. The summed E-state index contributed by atoms with van der Waals surface area (Å²) in [5.41, 5.74) is 0. The summed E-state index contributed by atoms with van der Waals surface area (Å²) in [7, 11) is 0. The van der Waals surface area contributed by atoms with Gasteiger partial charge >= 0.3 is 0 Å². The maximum Gasteiger partial charge on any atom is 0.263 e. The molecule has 23 heavy (non-hydrogen) atoms. The van der Waals surface area contributed by atoms with Crippen LogP contribution in [0.4, 0.5) is 0 Å². The third kappa shape index (κ3) is 4.16. The molecule has 1 aromatic carbocycles. The highest BCUT2D eigenvalue weighted by Gasteiger charge is 2.33. The lowest BCUT2D eigenvalue weighted by atomic mass is 9.96. The molecule has 0 N–H and O–H groups in total. The molecule has 0 radical (unpaired) electrons. The zero-order valence-corrected chi connectivity index (χ0v) is 14.0. The molecule has 2 saturated heterocycles. The number of hydrogen-bond acceptors (Lipinski definition) is 4. The monoisotopic (exact) mass is 339 g/mol. The Balaban J connectivity index is 1.50. The van der Waals surface area contributed by atoms with Gasteiger partial charge in [0.2, 0.25) is 0 Å². The standard InChI is InChI=1S/C17H22ClNO4/c1-12(23-15-4-2-3-14(18)11-15)16(20)19-7-5-13(6-8-19)17-21-9-10-22-17/h2-4,11-13,17H,5-10H2,1H3. The van der Waals surface area contributed by atoms with Gasteiger partial charge in [0.25, 0.3) is 5.91 Å². The minimum Gasteiger partial charge on any atom is -0.481 e. The minimum absolute atomic E-state index is 0.0108. The summed E-state index contributed by atoms with van der Waals surface area (Å²) < 4.78 is 16.8. The smallest absolute Gasteiger partial charge is 0.263 e. The van der Waals surface area contributed by atoms with E-state index < -0.39 is 6.10 Å². The summed E-state index contributed by atoms with van der Waals surface area (Å²) in [6, 6.07) is 7.10. The van der Waals surface area contributed by atoms with E-state index in [4.69, 9.17) is 25.8 Å². The van der Waals surface area contributed by atoms with Crippen LogP contribution in [-0.2, 0) is 14.3 Å². The van der Waals surface area contributed by atoms with Crippen LogP contribution in [-0.4, -0.2) is 49.5 Å². The molecular weight excluding hydrogens is 318 g/mol. The van der Waals surface area contributed by atoms with Crippen molar-refractivity contribution in [1.29, 1.82) is 0 Å². The lowest BCUT2D eigenvalue weighted by molar-refractivity contribution is -0.143. The van der Waals surface area contributed by atoms with Crippen molar-refractivity contribution in [2.24, 2.45) is 5.92 Å². The third-order valence-electron chi connectivity index (χ3n) is 4.34. The quantitative estimate of drug-likeness (QED) is 0.846. The Morgan fingerprint density at radius 1 is 1.30 bits per heavy atom. The van der Waals surface area contributed by atoms with E-state index in [1.807, 2.05) is 11.0 Å². The summed E-state index contributed by atoms with van der Waals surface area (Å²) in [4.78, 5) is 14.4. The topological polar surface area (TPSA) is 48.0 Å². The van der Waals surface area contributed by atoms with Crippen molar-refractivity contribution < 1.29 is 19.0 Å². The number of hydrogen-bond donors (Lipinski definition) is 0. The van der Waals surface area contributed by atoms with E-state index in [0.29, 0.717) is 29.9 Å². The van der Waals surface area contributed by atoms with Crippen molar-refractivity contribution in [3.05, 3.63) is 29.3 Å². The van der Waals surface area contributed by atoms with E-state index in [0.717, 1.165) is 25.9 Å². The normalized spacial score (nSPS) is 21.4. The number of benzene rings is 1. The third-order valence-corrected chi connectivity index (χ3v) is 4.58. The average molecular weight is 340 g/mol. The van der Waals surface area contributed by atoms with Crippen LogP contribution in [0.3, 0.4) is 0 Å². The second-order valence-electron chi connectivity index (χ2n) is 5.99. The molecule has 3 rings (SSSR count). The summed E-state index contributed by atoms with van der Waals surface area (Å²) in [5.74, 6) is 1.00. The van der Waals surface area contributed by atoms with Crippen molar-refractivity contribution >= 4 is 17.5 Å². The molecule has 2 aliphatic heterocycles. The van der Waals surface area contributed by atoms with Crippen LogP contribution in [0, 0.1) is 5.92 Å². The molecule has 1 unspecified atom stereocenters. The van der Waals surface area contributed by atoms with Gasteiger partial charge in [-0.15, -0.1) is 0 Å². The summed E-state index contributed by atoms with van der Waals surface area (Å²) >= 11 is 5.94. The molecule has 6 heteroatoms. The Bertz CT molecular complexity index is 539. The first kappa shape index (κ1) is 16.6. The fraction of sp³-hybridized carbons (Fsp3) is 0.588. The van der Waals surface area contributed by atoms with Gasteiger partial charge in [-0.05, 0) is 38.0 Å². The maximum absolute atomic E-state index is 12.5. The average Bonchev–Trinajstić information content (AvgIpc) is 3.09. The van der Waals surface area contributed by atoms with Gasteiger partial charge in [0, 0.05) is 24.0 Å². The Labute approximate surface area is 141 Å². The van der Waals surface area contributed by atoms with E-state index >= 15 is 0 Å². The van der Waals surface area contributed by atoms with Gasteiger partial charge in [-0.1, -0.05) is 17.7 Å². The van der Waals surface area contributed by atoms with Crippen LogP contribution >= 0.6 is 11.6 Å². The van der Waals surface area contributed by atoms with E-state index in [2.05, 4.69) is 0 Å². The first-order valence-corrected chi connectivity index (χ1v) is 8.45. The number of ether oxygens (including phenoxy) is 3. The molecule has 0 aliphatic carbocycles. The molecule has 2 heterocycles. The van der Waals surface area contributed by atoms with Crippen LogP contribution < -0.4 is 4.74 Å². The van der Waals surface area contributed by atoms with Gasteiger partial charge < -0.3 is 19.1 Å². The number of carbonyl (C=O) groups is 1. The summed E-state index contributed by atoms with van der Waals surface area (Å²) in [5, 5.41) is 0.597. The molecule has 0 spiro atoms. The molecule has 1 aromatic rings. The Morgan fingerprint density at radius 2 is 2.00 bits per heavy atom. The van der Waals surface area contributed by atoms with Gasteiger partial charge in [-0.2, -0.15) is 0 Å². The Kier molecular flexibility index (Phi) is 5.41. The van der Waals surface area contributed by atoms with Crippen molar-refractivity contribution in [3.63, 3.8) is 0 Å². The first-order chi connectivity index (χ1) is 11.1. The van der Waals surface area contributed by atoms with E-state index in [1.54, 1.807) is 25.1 Å². The lowest BCUT2D eigenvalue weighted by Crippen LogP contribution is -2.46. The molecule has 2 fully saturated rings. The van der Waals surface area contributed by atoms with Crippen molar-refractivity contribution in [2.45, 2.75) is 32.2 Å². The largest absolute Gasteiger partial charge is 0.481 e. The van der Waals surface area contributed by atoms with Crippen LogP contribution in [0.1, 0.15) is 19.8 Å². The van der Waals surface area contributed by atoms with Gasteiger partial charge in [0.05, 0.1) is 13.2 Å². The fourth-order valence-electron chi connectivity index (χ4n) is 3.09. The van der Waals surface area contributed by atoms with Crippen LogP contribution in [0.15, 0.2) is 24.3 Å². The van der Waals surface area contributed by atoms with E-state index in [-0.39, 0.29) is 12.2 Å². The second-order valence-corrected chi connectivity index (χ2v) is 6.43. The maximum atomic E-state index is 12.5. The number of halogens is 1. The number of piperidine rings is 1. The molecule has 5 nitrogen and oxygen atoms in total. The highest BCUT2D eigenvalue weighted by Crippen LogP contribution is 2.26. The van der Waals surface area contributed by atoms with Gasteiger partial charge in [-0.25, -0.2) is 0 Å². The number of carbonyl (C=O) groups excluding carboxylic acids is 1. The highest BCUT2D eigenvalue weighted by atomic mass is 35.5. The van der Waals surface area contributed by atoms with Crippen LogP contribution in [0.25, 0.3) is 0 Å². The molecule has 1 atom stereocenters. The molecular formula is C17H22ClNO4. The molecule has 0 bridgehead atoms. The first-order valence-electron chi connectivity index (χ1n) is 8.07. The van der Waals surface area contributed by atoms with E-state index in [1.165, 1.54) is 0 Å². The number of likely N-dealkylation sites (tertiary alicyclic amines) is 1. The van der Waals surface area contributed by atoms with Crippen molar-refractivity contribution in [2.75, 3.05) is 26.3 Å². The lowest BCUT2D eigenvalue weighted by Gasteiger charge is -2.35. The number of amides is 1. The van der Waals surface area contributed by atoms with Crippen LogP contribution in [0.2, 0.25) is 5.02 Å². The molecule has 1 amide bonds. The number of nitrogens with zero attached hydrogens (tertiary/aromatic N) is 1. The minimum atomic E-state index is -0.524. The predicted octanol–water partition coefficient (Wildman–Crippen LogP) is 2.72.